The van der Waals surface area contributed by atoms with Crippen LogP contribution in [0.15, 0.2) is 28.8 Å². The van der Waals surface area contributed by atoms with E-state index in [4.69, 9.17) is 10.3 Å². The minimum absolute atomic E-state index is 0.117. The van der Waals surface area contributed by atoms with E-state index < -0.39 is 0 Å². The standard InChI is InChI=1S/C13H17N3O/c1-8(13-9(2)16-17-10(13)3)15-12-7-5-4-6-11(12)14/h4-8,15H,14H2,1-3H3. The molecule has 1 unspecified atom stereocenters. The van der Waals surface area contributed by atoms with Crippen LogP contribution >= 0.6 is 0 Å². The first-order valence-electron chi connectivity index (χ1n) is 5.63. The zero-order valence-electron chi connectivity index (χ0n) is 10.3. The molecule has 0 spiro atoms. The number of nitrogens with one attached hydrogen (secondary N) is 1. The molecule has 4 heteroatoms. The molecule has 90 valence electrons. The molecule has 2 rings (SSSR count). The van der Waals surface area contributed by atoms with Crippen molar-refractivity contribution in [1.29, 1.82) is 0 Å². The summed E-state index contributed by atoms with van der Waals surface area (Å²) in [4.78, 5) is 0. The van der Waals surface area contributed by atoms with Crippen LogP contribution in [0.5, 0.6) is 0 Å². The van der Waals surface area contributed by atoms with Crippen molar-refractivity contribution in [3.05, 3.63) is 41.3 Å². The Hall–Kier alpha value is -1.97. The number of nitrogens with zero attached hydrogens (tertiary/aromatic N) is 1. The van der Waals surface area contributed by atoms with Gasteiger partial charge in [0, 0.05) is 5.56 Å². The summed E-state index contributed by atoms with van der Waals surface area (Å²) >= 11 is 0. The lowest BCUT2D eigenvalue weighted by atomic mass is 10.1. The lowest BCUT2D eigenvalue weighted by Crippen LogP contribution is -2.09. The lowest BCUT2D eigenvalue weighted by molar-refractivity contribution is 0.392. The Morgan fingerprint density at radius 2 is 2.00 bits per heavy atom. The second-order valence-corrected chi connectivity index (χ2v) is 4.19. The summed E-state index contributed by atoms with van der Waals surface area (Å²) in [7, 11) is 0. The van der Waals surface area contributed by atoms with E-state index in [1.54, 1.807) is 0 Å². The van der Waals surface area contributed by atoms with Gasteiger partial charge in [0.15, 0.2) is 0 Å². The predicted octanol–water partition coefficient (Wildman–Crippen LogP) is 3.05. The Balaban J connectivity index is 2.23. The number of nitrogens with two attached hydrogens (primary N) is 1. The molecule has 0 amide bonds. The summed E-state index contributed by atoms with van der Waals surface area (Å²) in [5.74, 6) is 0.844. The maximum absolute atomic E-state index is 5.90. The van der Waals surface area contributed by atoms with Gasteiger partial charge in [-0.1, -0.05) is 17.3 Å². The molecule has 2 aromatic rings. The average Bonchev–Trinajstić information content (AvgIpc) is 2.62. The zero-order chi connectivity index (χ0) is 12.4. The maximum atomic E-state index is 5.90. The van der Waals surface area contributed by atoms with Gasteiger partial charge in [-0.05, 0) is 32.9 Å². The first-order chi connectivity index (χ1) is 8.09. The molecular weight excluding hydrogens is 214 g/mol. The Morgan fingerprint density at radius 3 is 2.59 bits per heavy atom. The van der Waals surface area contributed by atoms with Crippen LogP contribution in [0.2, 0.25) is 0 Å². The van der Waals surface area contributed by atoms with Crippen molar-refractivity contribution in [1.82, 2.24) is 5.16 Å². The van der Waals surface area contributed by atoms with Crippen LogP contribution in [0.4, 0.5) is 11.4 Å². The number of aromatic nitrogens is 1. The number of benzene rings is 1. The lowest BCUT2D eigenvalue weighted by Gasteiger charge is -2.16. The number of para-hydroxylation sites is 2. The van der Waals surface area contributed by atoms with E-state index in [2.05, 4.69) is 17.4 Å². The molecule has 0 aliphatic heterocycles. The Kier molecular flexibility index (Phi) is 3.04. The number of nitrogen functional groups attached to an aromatic ring is 1. The van der Waals surface area contributed by atoms with E-state index in [1.807, 2.05) is 38.1 Å². The van der Waals surface area contributed by atoms with Crippen molar-refractivity contribution in [2.45, 2.75) is 26.8 Å². The van der Waals surface area contributed by atoms with E-state index in [0.29, 0.717) is 0 Å². The van der Waals surface area contributed by atoms with Crippen LogP contribution in [-0.4, -0.2) is 5.16 Å². The fourth-order valence-electron chi connectivity index (χ4n) is 2.04. The molecule has 1 aromatic carbocycles. The molecule has 4 nitrogen and oxygen atoms in total. The Bertz CT molecular complexity index is 500. The summed E-state index contributed by atoms with van der Waals surface area (Å²) in [5, 5.41) is 7.32. The molecule has 0 aliphatic carbocycles. The number of rotatable bonds is 3. The molecular formula is C13H17N3O. The second kappa shape index (κ2) is 4.49. The predicted molar refractivity (Wildman–Crippen MR) is 68.9 cm³/mol. The Labute approximate surface area is 101 Å². The quantitative estimate of drug-likeness (QED) is 0.797. The number of aryl methyl sites for hydroxylation is 2. The van der Waals surface area contributed by atoms with Gasteiger partial charge in [-0.25, -0.2) is 0 Å². The van der Waals surface area contributed by atoms with E-state index in [0.717, 1.165) is 28.4 Å². The van der Waals surface area contributed by atoms with Gasteiger partial charge >= 0.3 is 0 Å². The summed E-state index contributed by atoms with van der Waals surface area (Å²) in [6.07, 6.45) is 0. The van der Waals surface area contributed by atoms with E-state index in [1.165, 1.54) is 0 Å². The smallest absolute Gasteiger partial charge is 0.139 e. The minimum atomic E-state index is 0.117. The highest BCUT2D eigenvalue weighted by Crippen LogP contribution is 2.27. The minimum Gasteiger partial charge on any atom is -0.397 e. The van der Waals surface area contributed by atoms with Crippen molar-refractivity contribution in [2.75, 3.05) is 11.1 Å². The van der Waals surface area contributed by atoms with Crippen molar-refractivity contribution in [3.63, 3.8) is 0 Å². The third-order valence-electron chi connectivity index (χ3n) is 2.85. The molecule has 0 radical (unpaired) electrons. The van der Waals surface area contributed by atoms with E-state index >= 15 is 0 Å². The van der Waals surface area contributed by atoms with Crippen LogP contribution in [-0.2, 0) is 0 Å². The first kappa shape index (κ1) is 11.5. The van der Waals surface area contributed by atoms with Crippen LogP contribution in [0.25, 0.3) is 0 Å². The molecule has 1 heterocycles. The highest BCUT2D eigenvalue weighted by Gasteiger charge is 2.16. The topological polar surface area (TPSA) is 64.1 Å². The van der Waals surface area contributed by atoms with Crippen LogP contribution in [0.3, 0.4) is 0 Å². The average molecular weight is 231 g/mol. The second-order valence-electron chi connectivity index (χ2n) is 4.19. The molecule has 1 atom stereocenters. The third kappa shape index (κ3) is 2.25. The van der Waals surface area contributed by atoms with Crippen LogP contribution in [0, 0.1) is 13.8 Å². The van der Waals surface area contributed by atoms with Crippen molar-refractivity contribution < 1.29 is 4.52 Å². The zero-order valence-corrected chi connectivity index (χ0v) is 10.3. The summed E-state index contributed by atoms with van der Waals surface area (Å²) in [5.41, 5.74) is 9.57. The molecule has 1 aromatic heterocycles. The molecule has 0 saturated heterocycles. The fourth-order valence-corrected chi connectivity index (χ4v) is 2.04. The Morgan fingerprint density at radius 1 is 1.29 bits per heavy atom. The molecule has 0 fully saturated rings. The van der Waals surface area contributed by atoms with Gasteiger partial charge in [-0.3, -0.25) is 0 Å². The normalized spacial score (nSPS) is 12.4. The number of hydrogen-bond acceptors (Lipinski definition) is 4. The molecule has 0 saturated carbocycles. The maximum Gasteiger partial charge on any atom is 0.139 e. The first-order valence-corrected chi connectivity index (χ1v) is 5.63. The van der Waals surface area contributed by atoms with Gasteiger partial charge in [-0.15, -0.1) is 0 Å². The van der Waals surface area contributed by atoms with Gasteiger partial charge in [-0.2, -0.15) is 0 Å². The van der Waals surface area contributed by atoms with Crippen LogP contribution < -0.4 is 11.1 Å². The van der Waals surface area contributed by atoms with Crippen molar-refractivity contribution in [3.8, 4) is 0 Å². The fraction of sp³-hybridized carbons (Fsp3) is 0.308. The van der Waals surface area contributed by atoms with Gasteiger partial charge < -0.3 is 15.6 Å². The van der Waals surface area contributed by atoms with E-state index in [9.17, 15) is 0 Å². The summed E-state index contributed by atoms with van der Waals surface area (Å²) in [6.45, 7) is 5.93. The van der Waals surface area contributed by atoms with Gasteiger partial charge in [0.2, 0.25) is 0 Å². The number of anilines is 2. The van der Waals surface area contributed by atoms with Crippen molar-refractivity contribution in [2.24, 2.45) is 0 Å². The largest absolute Gasteiger partial charge is 0.397 e. The number of hydrogen-bond donors (Lipinski definition) is 2. The molecule has 0 aliphatic rings. The molecule has 3 N–H and O–H groups in total. The molecule has 0 bridgehead atoms. The third-order valence-corrected chi connectivity index (χ3v) is 2.85. The van der Waals surface area contributed by atoms with Crippen LogP contribution in [0.1, 0.15) is 30.0 Å². The van der Waals surface area contributed by atoms with Gasteiger partial charge in [0.1, 0.15) is 5.76 Å². The monoisotopic (exact) mass is 231 g/mol. The van der Waals surface area contributed by atoms with E-state index in [-0.39, 0.29) is 6.04 Å². The van der Waals surface area contributed by atoms with Gasteiger partial charge in [0.25, 0.3) is 0 Å². The highest BCUT2D eigenvalue weighted by atomic mass is 16.5. The molecule has 17 heavy (non-hydrogen) atoms. The summed E-state index contributed by atoms with van der Waals surface area (Å²) < 4.78 is 5.16. The summed E-state index contributed by atoms with van der Waals surface area (Å²) in [6, 6.07) is 7.83. The SMILES string of the molecule is Cc1noc(C)c1C(C)Nc1ccccc1N. The van der Waals surface area contributed by atoms with Crippen molar-refractivity contribution >= 4 is 11.4 Å². The highest BCUT2D eigenvalue weighted by molar-refractivity contribution is 5.66. The van der Waals surface area contributed by atoms with Gasteiger partial charge in [0.05, 0.1) is 23.1 Å².